The summed E-state index contributed by atoms with van der Waals surface area (Å²) in [5, 5.41) is 8.77. The molecular formula is C10H18O2. The summed E-state index contributed by atoms with van der Waals surface area (Å²) in [4.78, 5) is 10.7. The van der Waals surface area contributed by atoms with Crippen LogP contribution in [0.25, 0.3) is 0 Å². The van der Waals surface area contributed by atoms with Crippen molar-refractivity contribution in [2.45, 2.75) is 33.6 Å². The first-order valence-electron chi connectivity index (χ1n) is 4.49. The second kappa shape index (κ2) is 5.81. The van der Waals surface area contributed by atoms with Crippen LogP contribution in [0.15, 0.2) is 12.2 Å². The van der Waals surface area contributed by atoms with Crippen LogP contribution < -0.4 is 0 Å². The summed E-state index contributed by atoms with van der Waals surface area (Å²) in [6.07, 6.45) is 5.91. The minimum atomic E-state index is -0.702. The van der Waals surface area contributed by atoms with Gasteiger partial charge in [-0.2, -0.15) is 0 Å². The molecule has 2 nitrogen and oxygen atoms in total. The molecule has 0 unspecified atom stereocenters. The number of rotatable bonds is 5. The Bertz CT molecular complexity index is 161. The molecule has 0 aromatic carbocycles. The molecule has 0 radical (unpaired) electrons. The average Bonchev–Trinajstić information content (AvgIpc) is 2.03. The van der Waals surface area contributed by atoms with Gasteiger partial charge in [-0.25, -0.2) is 0 Å². The first-order chi connectivity index (χ1) is 5.63. The molecule has 0 rings (SSSR count). The fourth-order valence-electron chi connectivity index (χ4n) is 1.28. The molecule has 70 valence electrons. The summed E-state index contributed by atoms with van der Waals surface area (Å²) < 4.78 is 0. The van der Waals surface area contributed by atoms with Gasteiger partial charge in [0.1, 0.15) is 0 Å². The SMILES string of the molecule is C/C=C/[C@@H](CCC)[C@@H](C)C(=O)O. The lowest BCUT2D eigenvalue weighted by Gasteiger charge is -2.15. The summed E-state index contributed by atoms with van der Waals surface area (Å²) in [6, 6.07) is 0. The Kier molecular flexibility index (Phi) is 5.43. The van der Waals surface area contributed by atoms with E-state index in [1.807, 2.05) is 19.1 Å². The second-order valence-electron chi connectivity index (χ2n) is 3.11. The predicted octanol–water partition coefficient (Wildman–Crippen LogP) is 2.70. The molecule has 0 heterocycles. The van der Waals surface area contributed by atoms with E-state index >= 15 is 0 Å². The zero-order chi connectivity index (χ0) is 9.56. The largest absolute Gasteiger partial charge is 0.481 e. The van der Waals surface area contributed by atoms with Gasteiger partial charge < -0.3 is 5.11 Å². The van der Waals surface area contributed by atoms with E-state index < -0.39 is 5.97 Å². The van der Waals surface area contributed by atoms with Gasteiger partial charge in [-0.15, -0.1) is 0 Å². The maximum Gasteiger partial charge on any atom is 0.306 e. The molecule has 0 spiro atoms. The number of aliphatic carboxylic acids is 1. The van der Waals surface area contributed by atoms with Crippen molar-refractivity contribution in [3.05, 3.63) is 12.2 Å². The highest BCUT2D eigenvalue weighted by molar-refractivity contribution is 5.70. The van der Waals surface area contributed by atoms with Crippen molar-refractivity contribution in [3.8, 4) is 0 Å². The molecule has 2 heteroatoms. The number of carboxylic acids is 1. The van der Waals surface area contributed by atoms with E-state index in [0.717, 1.165) is 12.8 Å². The fraction of sp³-hybridized carbons (Fsp3) is 0.700. The minimum absolute atomic E-state index is 0.192. The molecule has 2 atom stereocenters. The summed E-state index contributed by atoms with van der Waals surface area (Å²) in [6.45, 7) is 5.77. The Balaban J connectivity index is 4.17. The van der Waals surface area contributed by atoms with Gasteiger partial charge in [0.2, 0.25) is 0 Å². The molecule has 0 saturated heterocycles. The van der Waals surface area contributed by atoms with Gasteiger partial charge in [-0.1, -0.05) is 32.4 Å². The molecule has 0 saturated carbocycles. The van der Waals surface area contributed by atoms with Crippen LogP contribution >= 0.6 is 0 Å². The maximum atomic E-state index is 10.7. The highest BCUT2D eigenvalue weighted by atomic mass is 16.4. The third kappa shape index (κ3) is 3.56. The predicted molar refractivity (Wildman–Crippen MR) is 50.0 cm³/mol. The Hall–Kier alpha value is -0.790. The van der Waals surface area contributed by atoms with E-state index in [-0.39, 0.29) is 11.8 Å². The second-order valence-corrected chi connectivity index (χ2v) is 3.11. The van der Waals surface area contributed by atoms with Crippen LogP contribution in [0.5, 0.6) is 0 Å². The zero-order valence-electron chi connectivity index (χ0n) is 8.08. The Labute approximate surface area is 74.3 Å². The molecule has 0 aromatic rings. The molecular weight excluding hydrogens is 152 g/mol. The van der Waals surface area contributed by atoms with Crippen molar-refractivity contribution in [1.82, 2.24) is 0 Å². The lowest BCUT2D eigenvalue weighted by atomic mass is 9.90. The topological polar surface area (TPSA) is 37.3 Å². The molecule has 0 aromatic heterocycles. The lowest BCUT2D eigenvalue weighted by molar-refractivity contribution is -0.142. The van der Waals surface area contributed by atoms with Crippen molar-refractivity contribution in [3.63, 3.8) is 0 Å². The number of allylic oxidation sites excluding steroid dienone is 2. The maximum absolute atomic E-state index is 10.7. The fourth-order valence-corrected chi connectivity index (χ4v) is 1.28. The first kappa shape index (κ1) is 11.2. The van der Waals surface area contributed by atoms with E-state index in [0.29, 0.717) is 0 Å². The molecule has 0 aliphatic carbocycles. The number of carbonyl (C=O) groups is 1. The summed E-state index contributed by atoms with van der Waals surface area (Å²) in [7, 11) is 0. The molecule has 12 heavy (non-hydrogen) atoms. The molecule has 0 bridgehead atoms. The van der Waals surface area contributed by atoms with Crippen LogP contribution in [0.4, 0.5) is 0 Å². The third-order valence-electron chi connectivity index (χ3n) is 2.09. The van der Waals surface area contributed by atoms with E-state index in [9.17, 15) is 4.79 Å². The van der Waals surface area contributed by atoms with Crippen molar-refractivity contribution < 1.29 is 9.90 Å². The van der Waals surface area contributed by atoms with Gasteiger partial charge >= 0.3 is 5.97 Å². The van der Waals surface area contributed by atoms with Gasteiger partial charge in [0.15, 0.2) is 0 Å². The monoisotopic (exact) mass is 170 g/mol. The Morgan fingerprint density at radius 3 is 2.50 bits per heavy atom. The first-order valence-corrected chi connectivity index (χ1v) is 4.49. The van der Waals surface area contributed by atoms with Crippen LogP contribution in [0, 0.1) is 11.8 Å². The van der Waals surface area contributed by atoms with Crippen molar-refractivity contribution in [2.24, 2.45) is 11.8 Å². The number of carboxylic acid groups (broad SMARTS) is 1. The summed E-state index contributed by atoms with van der Waals surface area (Å²) in [5.41, 5.74) is 0. The normalized spacial score (nSPS) is 16.2. The van der Waals surface area contributed by atoms with Crippen LogP contribution in [-0.4, -0.2) is 11.1 Å². The van der Waals surface area contributed by atoms with Crippen molar-refractivity contribution >= 4 is 5.97 Å². The van der Waals surface area contributed by atoms with Crippen LogP contribution in [-0.2, 0) is 4.79 Å². The van der Waals surface area contributed by atoms with Crippen LogP contribution in [0.2, 0.25) is 0 Å². The highest BCUT2D eigenvalue weighted by Gasteiger charge is 2.19. The van der Waals surface area contributed by atoms with Crippen molar-refractivity contribution in [2.75, 3.05) is 0 Å². The quantitative estimate of drug-likeness (QED) is 0.644. The number of hydrogen-bond donors (Lipinski definition) is 1. The van der Waals surface area contributed by atoms with Crippen LogP contribution in [0.3, 0.4) is 0 Å². The Morgan fingerprint density at radius 2 is 2.17 bits per heavy atom. The van der Waals surface area contributed by atoms with Gasteiger partial charge in [0.25, 0.3) is 0 Å². The molecule has 0 amide bonds. The highest BCUT2D eigenvalue weighted by Crippen LogP contribution is 2.19. The van der Waals surface area contributed by atoms with Gasteiger partial charge in [-0.3, -0.25) is 4.79 Å². The van der Waals surface area contributed by atoms with Crippen molar-refractivity contribution in [1.29, 1.82) is 0 Å². The third-order valence-corrected chi connectivity index (χ3v) is 2.09. The lowest BCUT2D eigenvalue weighted by Crippen LogP contribution is -2.18. The standard InChI is InChI=1S/C10H18O2/c1-4-6-9(7-5-2)8(3)10(11)12/h4,6,8-9H,5,7H2,1-3H3,(H,11,12)/b6-4+/t8-,9+/m1/s1. The minimum Gasteiger partial charge on any atom is -0.481 e. The van der Waals surface area contributed by atoms with E-state index in [2.05, 4.69) is 6.92 Å². The molecule has 1 N–H and O–H groups in total. The van der Waals surface area contributed by atoms with Gasteiger partial charge in [0, 0.05) is 0 Å². The van der Waals surface area contributed by atoms with Gasteiger partial charge in [-0.05, 0) is 19.3 Å². The van der Waals surface area contributed by atoms with E-state index in [4.69, 9.17) is 5.11 Å². The Morgan fingerprint density at radius 1 is 1.58 bits per heavy atom. The molecule has 0 aliphatic heterocycles. The average molecular weight is 170 g/mol. The number of hydrogen-bond acceptors (Lipinski definition) is 1. The summed E-state index contributed by atoms with van der Waals surface area (Å²) >= 11 is 0. The molecule has 0 fully saturated rings. The van der Waals surface area contributed by atoms with E-state index in [1.165, 1.54) is 0 Å². The van der Waals surface area contributed by atoms with Crippen LogP contribution in [0.1, 0.15) is 33.6 Å². The van der Waals surface area contributed by atoms with E-state index in [1.54, 1.807) is 6.92 Å². The molecule has 0 aliphatic rings. The summed E-state index contributed by atoms with van der Waals surface area (Å²) in [5.74, 6) is -0.773. The van der Waals surface area contributed by atoms with Gasteiger partial charge in [0.05, 0.1) is 5.92 Å². The smallest absolute Gasteiger partial charge is 0.306 e. The zero-order valence-corrected chi connectivity index (χ0v) is 8.08.